The van der Waals surface area contributed by atoms with Crippen molar-refractivity contribution in [3.8, 4) is 0 Å². The molecule has 0 bridgehead atoms. The molecule has 2 heteroatoms. The van der Waals surface area contributed by atoms with Crippen molar-refractivity contribution in [2.45, 2.75) is 52.9 Å². The molecule has 0 aromatic rings. The van der Waals surface area contributed by atoms with E-state index in [-0.39, 0.29) is 0 Å². The lowest BCUT2D eigenvalue weighted by Gasteiger charge is -2.01. The first-order valence-electron chi connectivity index (χ1n) is 6.82. The third-order valence-electron chi connectivity index (χ3n) is 3.18. The fourth-order valence-corrected chi connectivity index (χ4v) is 1.84. The monoisotopic (exact) mass is 227 g/mol. The lowest BCUT2D eigenvalue weighted by molar-refractivity contribution is -0.121. The summed E-state index contributed by atoms with van der Waals surface area (Å²) in [6.07, 6.45) is 5.90. The van der Waals surface area contributed by atoms with Crippen LogP contribution < -0.4 is 0 Å². The van der Waals surface area contributed by atoms with Crippen LogP contribution in [0.1, 0.15) is 52.9 Å². The van der Waals surface area contributed by atoms with Gasteiger partial charge in [-0.3, -0.25) is 4.79 Å². The van der Waals surface area contributed by atoms with Crippen molar-refractivity contribution in [2.75, 3.05) is 20.6 Å². The molecule has 1 atom stereocenters. The number of carbonyl (C=O) groups is 1. The molecule has 2 aliphatic rings. The minimum absolute atomic E-state index is 0.505. The molecule has 0 saturated heterocycles. The summed E-state index contributed by atoms with van der Waals surface area (Å²) in [5.74, 6) is 1.88. The zero-order chi connectivity index (χ0) is 12.6. The van der Waals surface area contributed by atoms with Crippen LogP contribution in [0.4, 0.5) is 0 Å². The van der Waals surface area contributed by atoms with Gasteiger partial charge in [0.05, 0.1) is 0 Å². The summed E-state index contributed by atoms with van der Waals surface area (Å²) in [5.41, 5.74) is 0. The Morgan fingerprint density at radius 1 is 1.19 bits per heavy atom. The highest BCUT2D eigenvalue weighted by molar-refractivity contribution is 5.83. The molecule has 2 rings (SSSR count). The molecule has 2 aliphatic carbocycles. The number of Topliss-reactive ketones (excluding diaryl/α,β-unsaturated/α-hetero) is 1. The Kier molecular flexibility index (Phi) is 8.54. The van der Waals surface area contributed by atoms with Crippen molar-refractivity contribution in [2.24, 2.45) is 11.8 Å². The minimum Gasteiger partial charge on any atom is -0.310 e. The predicted octanol–water partition coefficient (Wildman–Crippen LogP) is 3.36. The van der Waals surface area contributed by atoms with Gasteiger partial charge in [-0.25, -0.2) is 0 Å². The maximum atomic E-state index is 11.1. The Morgan fingerprint density at radius 3 is 1.94 bits per heavy atom. The smallest absolute Gasteiger partial charge is 0.136 e. The van der Waals surface area contributed by atoms with Gasteiger partial charge in [0.25, 0.3) is 0 Å². The molecule has 0 N–H and O–H groups in total. The second-order valence-corrected chi connectivity index (χ2v) is 4.70. The van der Waals surface area contributed by atoms with Crippen LogP contribution in [-0.4, -0.2) is 31.3 Å². The SMILES string of the molecule is CC.CCN(C)C.O=C1CCCC1C1CC1. The van der Waals surface area contributed by atoms with E-state index in [2.05, 4.69) is 25.9 Å². The molecule has 2 nitrogen and oxygen atoms in total. The molecule has 0 aliphatic heterocycles. The Balaban J connectivity index is 0.000000280. The van der Waals surface area contributed by atoms with E-state index in [9.17, 15) is 4.79 Å². The summed E-state index contributed by atoms with van der Waals surface area (Å²) in [6.45, 7) is 7.26. The van der Waals surface area contributed by atoms with E-state index < -0.39 is 0 Å². The number of hydrogen-bond donors (Lipinski definition) is 0. The van der Waals surface area contributed by atoms with Gasteiger partial charge in [0.1, 0.15) is 5.78 Å². The maximum Gasteiger partial charge on any atom is 0.136 e. The Labute approximate surface area is 101 Å². The first-order chi connectivity index (χ1) is 7.65. The Bertz CT molecular complexity index is 185. The molecule has 0 spiro atoms. The quantitative estimate of drug-likeness (QED) is 0.721. The molecule has 0 heterocycles. The van der Waals surface area contributed by atoms with E-state index >= 15 is 0 Å². The highest BCUT2D eigenvalue weighted by Crippen LogP contribution is 2.42. The minimum atomic E-state index is 0.505. The van der Waals surface area contributed by atoms with Gasteiger partial charge in [0, 0.05) is 12.3 Å². The van der Waals surface area contributed by atoms with Gasteiger partial charge in [-0.15, -0.1) is 0 Å². The molecule has 16 heavy (non-hydrogen) atoms. The van der Waals surface area contributed by atoms with Crippen molar-refractivity contribution < 1.29 is 4.79 Å². The average molecular weight is 227 g/mol. The van der Waals surface area contributed by atoms with Gasteiger partial charge in [-0.2, -0.15) is 0 Å². The first-order valence-corrected chi connectivity index (χ1v) is 6.82. The topological polar surface area (TPSA) is 20.3 Å². The average Bonchev–Trinajstić information content (AvgIpc) is 3.05. The summed E-state index contributed by atoms with van der Waals surface area (Å²) < 4.78 is 0. The van der Waals surface area contributed by atoms with E-state index in [1.165, 1.54) is 25.7 Å². The fraction of sp³-hybridized carbons (Fsp3) is 0.929. The molecule has 0 radical (unpaired) electrons. The number of carbonyl (C=O) groups excluding carboxylic acids is 1. The fourth-order valence-electron chi connectivity index (χ4n) is 1.84. The maximum absolute atomic E-state index is 11.1. The zero-order valence-corrected chi connectivity index (χ0v) is 11.8. The van der Waals surface area contributed by atoms with Gasteiger partial charge in [-0.1, -0.05) is 20.8 Å². The van der Waals surface area contributed by atoms with Crippen LogP contribution in [-0.2, 0) is 4.79 Å². The van der Waals surface area contributed by atoms with Gasteiger partial charge in [-0.05, 0) is 52.2 Å². The molecule has 0 amide bonds. The van der Waals surface area contributed by atoms with Gasteiger partial charge in [0.15, 0.2) is 0 Å². The number of nitrogens with zero attached hydrogens (tertiary/aromatic N) is 1. The first kappa shape index (κ1) is 15.6. The zero-order valence-electron chi connectivity index (χ0n) is 11.8. The predicted molar refractivity (Wildman–Crippen MR) is 70.6 cm³/mol. The third kappa shape index (κ3) is 6.26. The van der Waals surface area contributed by atoms with Crippen molar-refractivity contribution in [1.29, 1.82) is 0 Å². The number of hydrogen-bond acceptors (Lipinski definition) is 2. The van der Waals surface area contributed by atoms with E-state index in [4.69, 9.17) is 0 Å². The lowest BCUT2D eigenvalue weighted by Crippen LogP contribution is -2.08. The van der Waals surface area contributed by atoms with E-state index in [1.54, 1.807) is 0 Å². The molecule has 2 fully saturated rings. The Hall–Kier alpha value is -0.370. The van der Waals surface area contributed by atoms with E-state index in [0.717, 1.165) is 18.9 Å². The summed E-state index contributed by atoms with van der Waals surface area (Å²) >= 11 is 0. The molecule has 2 saturated carbocycles. The van der Waals surface area contributed by atoms with Crippen LogP contribution in [0.3, 0.4) is 0 Å². The highest BCUT2D eigenvalue weighted by Gasteiger charge is 2.37. The second-order valence-electron chi connectivity index (χ2n) is 4.70. The molecule has 0 aromatic carbocycles. The standard InChI is InChI=1S/C8H12O.C4H11N.C2H6/c9-8-3-1-2-7(8)6-4-5-6;1-4-5(2)3;1-2/h6-7H,1-5H2;4H2,1-3H3;1-2H3. The van der Waals surface area contributed by atoms with Gasteiger partial charge < -0.3 is 4.90 Å². The van der Waals surface area contributed by atoms with Crippen LogP contribution in [0.5, 0.6) is 0 Å². The molecule has 0 aromatic heterocycles. The normalized spacial score (nSPS) is 23.4. The van der Waals surface area contributed by atoms with Crippen LogP contribution >= 0.6 is 0 Å². The summed E-state index contributed by atoms with van der Waals surface area (Å²) in [6, 6.07) is 0. The number of ketones is 1. The summed E-state index contributed by atoms with van der Waals surface area (Å²) in [5, 5.41) is 0. The van der Waals surface area contributed by atoms with Crippen LogP contribution in [0, 0.1) is 11.8 Å². The highest BCUT2D eigenvalue weighted by atomic mass is 16.1. The summed E-state index contributed by atoms with van der Waals surface area (Å²) in [7, 11) is 4.11. The second kappa shape index (κ2) is 8.74. The lowest BCUT2D eigenvalue weighted by atomic mass is 10.0. The molecular weight excluding hydrogens is 198 g/mol. The van der Waals surface area contributed by atoms with Crippen LogP contribution in [0.15, 0.2) is 0 Å². The van der Waals surface area contributed by atoms with Gasteiger partial charge >= 0.3 is 0 Å². The van der Waals surface area contributed by atoms with Crippen molar-refractivity contribution in [1.82, 2.24) is 4.90 Å². The van der Waals surface area contributed by atoms with Gasteiger partial charge in [0.2, 0.25) is 0 Å². The summed E-state index contributed by atoms with van der Waals surface area (Å²) in [4.78, 5) is 13.2. The van der Waals surface area contributed by atoms with Crippen LogP contribution in [0.25, 0.3) is 0 Å². The Morgan fingerprint density at radius 2 is 1.69 bits per heavy atom. The van der Waals surface area contributed by atoms with E-state index in [0.29, 0.717) is 11.7 Å². The van der Waals surface area contributed by atoms with Crippen molar-refractivity contribution in [3.63, 3.8) is 0 Å². The van der Waals surface area contributed by atoms with Crippen LogP contribution in [0.2, 0.25) is 0 Å². The molecular formula is C14H29NO. The van der Waals surface area contributed by atoms with E-state index in [1.807, 2.05) is 13.8 Å². The van der Waals surface area contributed by atoms with Crippen molar-refractivity contribution >= 4 is 5.78 Å². The number of rotatable bonds is 2. The molecule has 1 unspecified atom stereocenters. The molecule has 96 valence electrons. The van der Waals surface area contributed by atoms with Crippen molar-refractivity contribution in [3.05, 3.63) is 0 Å². The largest absolute Gasteiger partial charge is 0.310 e. The third-order valence-corrected chi connectivity index (χ3v) is 3.18.